The van der Waals surface area contributed by atoms with Crippen LogP contribution in [0.4, 0.5) is 0 Å². The van der Waals surface area contributed by atoms with Crippen LogP contribution in [0.1, 0.15) is 55.1 Å². The largest absolute Gasteiger partial charge is 0.309 e. The molecule has 0 aliphatic heterocycles. The summed E-state index contributed by atoms with van der Waals surface area (Å²) in [5.74, 6) is 0.553. The highest BCUT2D eigenvalue weighted by atomic mass is 32.1. The molecule has 0 saturated heterocycles. The van der Waals surface area contributed by atoms with Gasteiger partial charge in [-0.15, -0.1) is 11.3 Å². The summed E-state index contributed by atoms with van der Waals surface area (Å²) in [7, 11) is 0. The van der Waals surface area contributed by atoms with Crippen LogP contribution < -0.4 is 5.32 Å². The van der Waals surface area contributed by atoms with Gasteiger partial charge in [-0.1, -0.05) is 20.8 Å². The Kier molecular flexibility index (Phi) is 3.42. The number of thiazole rings is 1. The van der Waals surface area contributed by atoms with Crippen molar-refractivity contribution >= 4 is 11.3 Å². The van der Waals surface area contributed by atoms with Crippen LogP contribution in [0.5, 0.6) is 0 Å². The van der Waals surface area contributed by atoms with E-state index in [1.807, 2.05) is 11.3 Å². The molecule has 2 rings (SSSR count). The van der Waals surface area contributed by atoms with E-state index in [1.54, 1.807) is 0 Å². The van der Waals surface area contributed by atoms with E-state index in [0.29, 0.717) is 5.92 Å². The molecule has 0 bridgehead atoms. The Morgan fingerprint density at radius 1 is 1.47 bits per heavy atom. The van der Waals surface area contributed by atoms with Crippen molar-refractivity contribution < 1.29 is 0 Å². The number of nitrogens with zero attached hydrogens (tertiary/aromatic N) is 1. The van der Waals surface area contributed by atoms with Crippen molar-refractivity contribution in [3.05, 3.63) is 15.6 Å². The summed E-state index contributed by atoms with van der Waals surface area (Å²) >= 11 is 1.88. The number of nitrogens with one attached hydrogen (secondary N) is 1. The maximum absolute atomic E-state index is 4.71. The molecule has 0 aromatic carbocycles. The maximum atomic E-state index is 4.71. The summed E-state index contributed by atoms with van der Waals surface area (Å²) in [4.78, 5) is 6.16. The Balaban J connectivity index is 2.07. The van der Waals surface area contributed by atoms with Gasteiger partial charge in [-0.25, -0.2) is 4.98 Å². The van der Waals surface area contributed by atoms with Gasteiger partial charge < -0.3 is 5.32 Å². The summed E-state index contributed by atoms with van der Waals surface area (Å²) in [5, 5.41) is 4.86. The summed E-state index contributed by atoms with van der Waals surface area (Å²) in [5.41, 5.74) is 1.31. The summed E-state index contributed by atoms with van der Waals surface area (Å²) < 4.78 is 0. The van der Waals surface area contributed by atoms with E-state index in [-0.39, 0.29) is 0 Å². The zero-order chi connectivity index (χ0) is 10.8. The summed E-state index contributed by atoms with van der Waals surface area (Å²) in [6, 6.07) is 0.789. The van der Waals surface area contributed by atoms with E-state index in [2.05, 4.69) is 26.1 Å². The van der Waals surface area contributed by atoms with Crippen molar-refractivity contribution in [3.8, 4) is 0 Å². The Bertz CT molecular complexity index is 326. The third-order valence-corrected chi connectivity index (χ3v) is 3.97. The number of aromatic nitrogens is 1. The highest BCUT2D eigenvalue weighted by Gasteiger charge is 2.21. The van der Waals surface area contributed by atoms with Gasteiger partial charge in [-0.3, -0.25) is 0 Å². The van der Waals surface area contributed by atoms with Crippen LogP contribution in [-0.4, -0.2) is 11.0 Å². The average Bonchev–Trinajstić information content (AvgIpc) is 2.94. The molecule has 1 aliphatic rings. The van der Waals surface area contributed by atoms with Gasteiger partial charge in [-0.05, 0) is 25.2 Å². The standard InChI is InChI=1S/C12H20N2S/c1-4-11-14-12(8(2)3)10(15-11)7-13-9-5-6-9/h8-9,13H,4-7H2,1-3H3. The lowest BCUT2D eigenvalue weighted by atomic mass is 10.1. The average molecular weight is 224 g/mol. The van der Waals surface area contributed by atoms with Gasteiger partial charge in [0.1, 0.15) is 0 Å². The van der Waals surface area contributed by atoms with Crippen molar-refractivity contribution in [1.29, 1.82) is 0 Å². The van der Waals surface area contributed by atoms with Crippen LogP contribution in [0.2, 0.25) is 0 Å². The van der Waals surface area contributed by atoms with E-state index >= 15 is 0 Å². The number of aryl methyl sites for hydroxylation is 1. The molecule has 0 radical (unpaired) electrons. The lowest BCUT2D eigenvalue weighted by Crippen LogP contribution is -2.15. The fourth-order valence-corrected chi connectivity index (χ4v) is 2.78. The molecule has 1 fully saturated rings. The molecule has 1 aromatic heterocycles. The smallest absolute Gasteiger partial charge is 0.0929 e. The van der Waals surface area contributed by atoms with Crippen LogP contribution in [0.15, 0.2) is 0 Å². The molecule has 15 heavy (non-hydrogen) atoms. The van der Waals surface area contributed by atoms with Crippen LogP contribution in [0.3, 0.4) is 0 Å². The van der Waals surface area contributed by atoms with Crippen molar-refractivity contribution in [2.24, 2.45) is 0 Å². The van der Waals surface area contributed by atoms with Gasteiger partial charge in [0.2, 0.25) is 0 Å². The molecule has 0 spiro atoms. The van der Waals surface area contributed by atoms with E-state index in [0.717, 1.165) is 19.0 Å². The first-order chi connectivity index (χ1) is 7.20. The molecular weight excluding hydrogens is 204 g/mol. The molecule has 84 valence electrons. The first-order valence-electron chi connectivity index (χ1n) is 5.92. The van der Waals surface area contributed by atoms with Gasteiger partial charge in [0.05, 0.1) is 10.7 Å². The molecule has 2 nitrogen and oxygen atoms in total. The second-order valence-corrected chi connectivity index (χ2v) is 5.75. The third-order valence-electron chi connectivity index (χ3n) is 2.75. The van der Waals surface area contributed by atoms with Gasteiger partial charge in [0.25, 0.3) is 0 Å². The predicted molar refractivity (Wildman–Crippen MR) is 65.4 cm³/mol. The SMILES string of the molecule is CCc1nc(C(C)C)c(CNC2CC2)s1. The first-order valence-corrected chi connectivity index (χ1v) is 6.74. The summed E-state index contributed by atoms with van der Waals surface area (Å²) in [6.45, 7) is 7.67. The molecule has 3 heteroatoms. The van der Waals surface area contributed by atoms with Crippen molar-refractivity contribution in [2.75, 3.05) is 0 Å². The zero-order valence-corrected chi connectivity index (χ0v) is 10.7. The highest BCUT2D eigenvalue weighted by molar-refractivity contribution is 7.11. The first kappa shape index (κ1) is 11.1. The quantitative estimate of drug-likeness (QED) is 0.831. The number of hydrogen-bond acceptors (Lipinski definition) is 3. The molecule has 0 amide bonds. The summed E-state index contributed by atoms with van der Waals surface area (Å²) in [6.07, 6.45) is 3.78. The highest BCUT2D eigenvalue weighted by Crippen LogP contribution is 2.27. The van der Waals surface area contributed by atoms with Crippen molar-refractivity contribution in [2.45, 2.75) is 58.5 Å². The van der Waals surface area contributed by atoms with Gasteiger partial charge in [0, 0.05) is 17.5 Å². The van der Waals surface area contributed by atoms with Crippen molar-refractivity contribution in [1.82, 2.24) is 10.3 Å². The molecule has 0 atom stereocenters. The van der Waals surface area contributed by atoms with Crippen LogP contribution in [0.25, 0.3) is 0 Å². The van der Waals surface area contributed by atoms with Gasteiger partial charge >= 0.3 is 0 Å². The van der Waals surface area contributed by atoms with E-state index < -0.39 is 0 Å². The predicted octanol–water partition coefficient (Wildman–Crippen LogP) is 3.08. The van der Waals surface area contributed by atoms with Crippen LogP contribution in [-0.2, 0) is 13.0 Å². The monoisotopic (exact) mass is 224 g/mol. The Morgan fingerprint density at radius 3 is 2.73 bits per heavy atom. The molecular formula is C12H20N2S. The minimum Gasteiger partial charge on any atom is -0.309 e. The fraction of sp³-hybridized carbons (Fsp3) is 0.750. The minimum atomic E-state index is 0.553. The second-order valence-electron chi connectivity index (χ2n) is 4.58. The molecule has 1 aliphatic carbocycles. The molecule has 1 N–H and O–H groups in total. The zero-order valence-electron chi connectivity index (χ0n) is 9.84. The lowest BCUT2D eigenvalue weighted by molar-refractivity contribution is 0.680. The van der Waals surface area contributed by atoms with Crippen molar-refractivity contribution in [3.63, 3.8) is 0 Å². The van der Waals surface area contributed by atoms with Crippen LogP contribution in [0, 0.1) is 0 Å². The minimum absolute atomic E-state index is 0.553. The Hall–Kier alpha value is -0.410. The second kappa shape index (κ2) is 4.62. The van der Waals surface area contributed by atoms with E-state index in [4.69, 9.17) is 4.98 Å². The molecule has 1 heterocycles. The Labute approximate surface area is 96.1 Å². The molecule has 0 unspecified atom stereocenters. The molecule has 1 saturated carbocycles. The van der Waals surface area contributed by atoms with Gasteiger partial charge in [0.15, 0.2) is 0 Å². The van der Waals surface area contributed by atoms with Gasteiger partial charge in [-0.2, -0.15) is 0 Å². The Morgan fingerprint density at radius 2 is 2.20 bits per heavy atom. The van der Waals surface area contributed by atoms with E-state index in [9.17, 15) is 0 Å². The number of rotatable bonds is 5. The number of hydrogen-bond donors (Lipinski definition) is 1. The normalized spacial score (nSPS) is 16.3. The molecule has 1 aromatic rings. The topological polar surface area (TPSA) is 24.9 Å². The lowest BCUT2D eigenvalue weighted by Gasteiger charge is -2.05. The maximum Gasteiger partial charge on any atom is 0.0929 e. The van der Waals surface area contributed by atoms with E-state index in [1.165, 1.54) is 28.4 Å². The van der Waals surface area contributed by atoms with Crippen LogP contribution >= 0.6 is 11.3 Å². The third kappa shape index (κ3) is 2.79. The fourth-order valence-electron chi connectivity index (χ4n) is 1.67.